The molecule has 6 nitrogen and oxygen atoms in total. The number of rotatable bonds is 5. The molecule has 6 heteroatoms. The van der Waals surface area contributed by atoms with Gasteiger partial charge in [-0.25, -0.2) is 4.98 Å². The van der Waals surface area contributed by atoms with E-state index >= 15 is 0 Å². The van der Waals surface area contributed by atoms with Crippen molar-refractivity contribution in [3.8, 4) is 5.75 Å². The number of hydrogen-bond acceptors (Lipinski definition) is 4. The summed E-state index contributed by atoms with van der Waals surface area (Å²) in [5, 5.41) is 3.13. The van der Waals surface area contributed by atoms with Crippen molar-refractivity contribution in [1.82, 2.24) is 19.6 Å². The lowest BCUT2D eigenvalue weighted by atomic mass is 9.96. The van der Waals surface area contributed by atoms with Crippen LogP contribution in [0.2, 0.25) is 0 Å². The third-order valence-corrected chi connectivity index (χ3v) is 6.24. The van der Waals surface area contributed by atoms with Crippen LogP contribution >= 0.6 is 0 Å². The average Bonchev–Trinajstić information content (AvgIpc) is 3.38. The number of carbonyl (C=O) groups excluding carboxylic acids is 1. The SMILES string of the molecule is Cc1ccc2nc(CN3CCC(CNC(=O)c4ccc5c(c4)CCO5)CC3)cn2c1. The third kappa shape index (κ3) is 4.05. The fourth-order valence-corrected chi connectivity index (χ4v) is 4.48. The minimum atomic E-state index is 0.0205. The van der Waals surface area contributed by atoms with Gasteiger partial charge in [0.15, 0.2) is 0 Å². The van der Waals surface area contributed by atoms with E-state index in [-0.39, 0.29) is 5.91 Å². The fourth-order valence-electron chi connectivity index (χ4n) is 4.48. The molecule has 2 aliphatic rings. The van der Waals surface area contributed by atoms with Gasteiger partial charge in [-0.2, -0.15) is 0 Å². The standard InChI is InChI=1S/C24H28N4O2/c1-17-2-5-23-26-21(16-28(23)14-17)15-27-9-6-18(7-10-27)13-25-24(29)20-3-4-22-19(12-20)8-11-30-22/h2-5,12,14,16,18H,6-11,13,15H2,1H3,(H,25,29). The number of hydrogen-bond donors (Lipinski definition) is 1. The molecule has 0 saturated carbocycles. The monoisotopic (exact) mass is 404 g/mol. The number of ether oxygens (including phenoxy) is 1. The topological polar surface area (TPSA) is 58.9 Å². The zero-order valence-electron chi connectivity index (χ0n) is 17.4. The van der Waals surface area contributed by atoms with Crippen molar-refractivity contribution in [2.45, 2.75) is 32.7 Å². The van der Waals surface area contributed by atoms with Gasteiger partial charge in [-0.05, 0) is 74.2 Å². The molecule has 2 aromatic heterocycles. The molecule has 1 fully saturated rings. The highest BCUT2D eigenvalue weighted by Gasteiger charge is 2.21. The first-order chi connectivity index (χ1) is 14.6. The normalized spacial score (nSPS) is 17.1. The Morgan fingerprint density at radius 3 is 2.93 bits per heavy atom. The lowest BCUT2D eigenvalue weighted by molar-refractivity contribution is 0.0935. The Labute approximate surface area is 176 Å². The van der Waals surface area contributed by atoms with Crippen LogP contribution in [0.1, 0.15) is 40.0 Å². The summed E-state index contributed by atoms with van der Waals surface area (Å²) >= 11 is 0. The molecular formula is C24H28N4O2. The lowest BCUT2D eigenvalue weighted by Crippen LogP contribution is -2.38. The van der Waals surface area contributed by atoms with Gasteiger partial charge in [0, 0.05) is 37.5 Å². The number of fused-ring (bicyclic) bond motifs is 2. The van der Waals surface area contributed by atoms with E-state index in [1.807, 2.05) is 18.2 Å². The van der Waals surface area contributed by atoms with Crippen LogP contribution < -0.4 is 10.1 Å². The molecule has 1 N–H and O–H groups in total. The summed E-state index contributed by atoms with van der Waals surface area (Å²) in [5.41, 5.74) is 5.23. The number of benzene rings is 1. The minimum Gasteiger partial charge on any atom is -0.493 e. The number of imidazole rings is 1. The van der Waals surface area contributed by atoms with E-state index in [0.29, 0.717) is 12.5 Å². The van der Waals surface area contributed by atoms with Crippen LogP contribution in [0.25, 0.3) is 5.65 Å². The summed E-state index contributed by atoms with van der Waals surface area (Å²) in [6, 6.07) is 9.91. The first-order valence-corrected chi connectivity index (χ1v) is 10.8. The number of likely N-dealkylation sites (tertiary alicyclic amines) is 1. The molecule has 4 heterocycles. The highest BCUT2D eigenvalue weighted by atomic mass is 16.5. The maximum Gasteiger partial charge on any atom is 0.251 e. The zero-order valence-corrected chi connectivity index (χ0v) is 17.4. The van der Waals surface area contributed by atoms with E-state index in [0.717, 1.165) is 73.7 Å². The van der Waals surface area contributed by atoms with Crippen molar-refractivity contribution in [2.24, 2.45) is 5.92 Å². The predicted molar refractivity (Wildman–Crippen MR) is 116 cm³/mol. The second-order valence-electron chi connectivity index (χ2n) is 8.55. The second-order valence-corrected chi connectivity index (χ2v) is 8.55. The van der Waals surface area contributed by atoms with Gasteiger partial charge in [-0.1, -0.05) is 6.07 Å². The molecule has 1 saturated heterocycles. The molecule has 1 amide bonds. The summed E-state index contributed by atoms with van der Waals surface area (Å²) in [4.78, 5) is 19.7. The van der Waals surface area contributed by atoms with E-state index in [4.69, 9.17) is 9.72 Å². The zero-order chi connectivity index (χ0) is 20.5. The summed E-state index contributed by atoms with van der Waals surface area (Å²) in [6.07, 6.45) is 7.35. The molecule has 3 aromatic rings. The molecule has 0 bridgehead atoms. The van der Waals surface area contributed by atoms with Gasteiger partial charge in [0.2, 0.25) is 0 Å². The number of pyridine rings is 1. The van der Waals surface area contributed by atoms with Crippen LogP contribution in [0, 0.1) is 12.8 Å². The molecule has 156 valence electrons. The van der Waals surface area contributed by atoms with E-state index in [1.54, 1.807) is 0 Å². The number of carbonyl (C=O) groups is 1. The molecular weight excluding hydrogens is 376 g/mol. The highest BCUT2D eigenvalue weighted by molar-refractivity contribution is 5.94. The maximum absolute atomic E-state index is 12.5. The van der Waals surface area contributed by atoms with Crippen LogP contribution in [-0.4, -0.2) is 46.4 Å². The van der Waals surface area contributed by atoms with Crippen LogP contribution in [0.3, 0.4) is 0 Å². The first kappa shape index (κ1) is 19.1. The fraction of sp³-hybridized carbons (Fsp3) is 0.417. The van der Waals surface area contributed by atoms with Crippen molar-refractivity contribution >= 4 is 11.6 Å². The summed E-state index contributed by atoms with van der Waals surface area (Å²) in [6.45, 7) is 6.53. The number of aryl methyl sites for hydroxylation is 1. The van der Waals surface area contributed by atoms with Crippen LogP contribution in [0.15, 0.2) is 42.7 Å². The molecule has 0 spiro atoms. The van der Waals surface area contributed by atoms with E-state index in [1.165, 1.54) is 5.56 Å². The van der Waals surface area contributed by atoms with Gasteiger partial charge in [0.1, 0.15) is 11.4 Å². The van der Waals surface area contributed by atoms with Gasteiger partial charge in [-0.15, -0.1) is 0 Å². The number of nitrogens with one attached hydrogen (secondary N) is 1. The van der Waals surface area contributed by atoms with Gasteiger partial charge >= 0.3 is 0 Å². The number of aromatic nitrogens is 2. The highest BCUT2D eigenvalue weighted by Crippen LogP contribution is 2.26. The first-order valence-electron chi connectivity index (χ1n) is 10.8. The molecule has 2 aliphatic heterocycles. The Kier molecular flexibility index (Phi) is 5.17. The lowest BCUT2D eigenvalue weighted by Gasteiger charge is -2.31. The Morgan fingerprint density at radius 2 is 2.07 bits per heavy atom. The van der Waals surface area contributed by atoms with Gasteiger partial charge in [0.05, 0.1) is 12.3 Å². The third-order valence-electron chi connectivity index (χ3n) is 6.24. The van der Waals surface area contributed by atoms with E-state index < -0.39 is 0 Å². The van der Waals surface area contributed by atoms with Gasteiger partial charge in [-0.3, -0.25) is 9.69 Å². The van der Waals surface area contributed by atoms with Gasteiger partial charge in [0.25, 0.3) is 5.91 Å². The molecule has 0 unspecified atom stereocenters. The smallest absolute Gasteiger partial charge is 0.251 e. The molecule has 5 rings (SSSR count). The number of piperidine rings is 1. The van der Waals surface area contributed by atoms with E-state index in [9.17, 15) is 4.79 Å². The largest absolute Gasteiger partial charge is 0.493 e. The Morgan fingerprint density at radius 1 is 1.20 bits per heavy atom. The number of nitrogens with zero attached hydrogens (tertiary/aromatic N) is 3. The predicted octanol–water partition coefficient (Wildman–Crippen LogP) is 3.22. The molecule has 0 radical (unpaired) electrons. The van der Waals surface area contributed by atoms with Crippen molar-refractivity contribution in [2.75, 3.05) is 26.2 Å². The maximum atomic E-state index is 12.5. The summed E-state index contributed by atoms with van der Waals surface area (Å²) < 4.78 is 7.63. The van der Waals surface area contributed by atoms with Crippen molar-refractivity contribution in [3.63, 3.8) is 0 Å². The molecule has 1 aromatic carbocycles. The van der Waals surface area contributed by atoms with Gasteiger partial charge < -0.3 is 14.5 Å². The minimum absolute atomic E-state index is 0.0205. The Hall–Kier alpha value is -2.86. The molecule has 0 aliphatic carbocycles. The Balaban J connectivity index is 1.10. The van der Waals surface area contributed by atoms with E-state index in [2.05, 4.69) is 46.1 Å². The number of amides is 1. The quantitative estimate of drug-likeness (QED) is 0.709. The van der Waals surface area contributed by atoms with Crippen LogP contribution in [0.5, 0.6) is 5.75 Å². The summed E-state index contributed by atoms with van der Waals surface area (Å²) in [7, 11) is 0. The van der Waals surface area contributed by atoms with Crippen LogP contribution in [0.4, 0.5) is 0 Å². The van der Waals surface area contributed by atoms with Crippen molar-refractivity contribution in [3.05, 3.63) is 65.1 Å². The summed E-state index contributed by atoms with van der Waals surface area (Å²) in [5.74, 6) is 1.47. The molecule has 0 atom stereocenters. The average molecular weight is 405 g/mol. The molecule has 30 heavy (non-hydrogen) atoms. The Bertz CT molecular complexity index is 1070. The second kappa shape index (κ2) is 8.11. The van der Waals surface area contributed by atoms with Crippen molar-refractivity contribution < 1.29 is 9.53 Å². The van der Waals surface area contributed by atoms with Crippen LogP contribution in [-0.2, 0) is 13.0 Å². The van der Waals surface area contributed by atoms with Crippen molar-refractivity contribution in [1.29, 1.82) is 0 Å².